The monoisotopic (exact) mass is 652 g/mol. The molecule has 1 atom stereocenters. The Bertz CT molecular complexity index is 2760. The van der Waals surface area contributed by atoms with Crippen LogP contribution in [-0.4, -0.2) is 0 Å². The van der Waals surface area contributed by atoms with Gasteiger partial charge in [0.25, 0.3) is 0 Å². The molecule has 242 valence electrons. The zero-order valence-corrected chi connectivity index (χ0v) is 28.7. The van der Waals surface area contributed by atoms with E-state index in [1.54, 1.807) is 0 Å². The molecule has 1 heteroatoms. The number of hydrogen-bond acceptors (Lipinski definition) is 1. The number of hydrogen-bond donors (Lipinski definition) is 0. The Morgan fingerprint density at radius 1 is 0.451 bits per heavy atom. The molecule has 1 heterocycles. The van der Waals surface area contributed by atoms with Gasteiger partial charge in [-0.05, 0) is 90.2 Å². The summed E-state index contributed by atoms with van der Waals surface area (Å²) in [6.07, 6.45) is 0. The lowest BCUT2D eigenvalue weighted by Crippen LogP contribution is -2.15. The largest absolute Gasteiger partial charge is 0.456 e. The van der Waals surface area contributed by atoms with Crippen molar-refractivity contribution in [2.45, 2.75) is 25.2 Å². The minimum absolute atomic E-state index is 0.00517. The second-order valence-corrected chi connectivity index (χ2v) is 14.4. The number of benzene rings is 8. The topological polar surface area (TPSA) is 13.1 Å². The van der Waals surface area contributed by atoms with E-state index in [0.29, 0.717) is 0 Å². The van der Waals surface area contributed by atoms with E-state index >= 15 is 0 Å². The Hall–Kier alpha value is -6.18. The number of para-hydroxylation sites is 1. The Balaban J connectivity index is 1.20. The normalized spacial score (nSPS) is 13.8. The zero-order valence-electron chi connectivity index (χ0n) is 28.7. The maximum absolute atomic E-state index is 6.26. The minimum Gasteiger partial charge on any atom is -0.456 e. The van der Waals surface area contributed by atoms with Crippen LogP contribution >= 0.6 is 0 Å². The average Bonchev–Trinajstić information content (AvgIpc) is 3.67. The molecule has 8 aromatic carbocycles. The van der Waals surface area contributed by atoms with Crippen molar-refractivity contribution in [2.75, 3.05) is 0 Å². The van der Waals surface area contributed by atoms with Gasteiger partial charge in [0.15, 0.2) is 0 Å². The molecule has 0 radical (unpaired) electrons. The van der Waals surface area contributed by atoms with Crippen LogP contribution in [0.15, 0.2) is 180 Å². The van der Waals surface area contributed by atoms with E-state index in [-0.39, 0.29) is 11.3 Å². The first-order valence-corrected chi connectivity index (χ1v) is 17.9. The summed E-state index contributed by atoms with van der Waals surface area (Å²) in [7, 11) is 0. The molecule has 0 amide bonds. The van der Waals surface area contributed by atoms with E-state index in [4.69, 9.17) is 4.42 Å². The molecule has 0 spiro atoms. The van der Waals surface area contributed by atoms with Crippen LogP contribution in [0.25, 0.3) is 66.1 Å². The van der Waals surface area contributed by atoms with Crippen molar-refractivity contribution < 1.29 is 4.42 Å². The van der Waals surface area contributed by atoms with Gasteiger partial charge >= 0.3 is 0 Å². The Kier molecular flexibility index (Phi) is 6.66. The maximum atomic E-state index is 6.26. The molecule has 1 unspecified atom stereocenters. The van der Waals surface area contributed by atoms with Gasteiger partial charge < -0.3 is 4.42 Å². The van der Waals surface area contributed by atoms with Gasteiger partial charge in [0.2, 0.25) is 0 Å². The summed E-state index contributed by atoms with van der Waals surface area (Å²) in [6, 6.07) is 64.6. The lowest BCUT2D eigenvalue weighted by atomic mass is 9.77. The summed E-state index contributed by atoms with van der Waals surface area (Å²) in [4.78, 5) is 0. The molecule has 1 aliphatic rings. The highest BCUT2D eigenvalue weighted by Gasteiger charge is 2.36. The highest BCUT2D eigenvalue weighted by Crippen LogP contribution is 2.51. The van der Waals surface area contributed by atoms with Crippen LogP contribution < -0.4 is 0 Å². The smallest absolute Gasteiger partial charge is 0.136 e. The summed E-state index contributed by atoms with van der Waals surface area (Å²) in [5.74, 6) is 0.00517. The maximum Gasteiger partial charge on any atom is 0.136 e. The van der Waals surface area contributed by atoms with E-state index in [2.05, 4.69) is 184 Å². The minimum atomic E-state index is -0.0436. The van der Waals surface area contributed by atoms with Gasteiger partial charge in [-0.3, -0.25) is 0 Å². The van der Waals surface area contributed by atoms with Gasteiger partial charge in [-0.15, -0.1) is 0 Å². The lowest BCUT2D eigenvalue weighted by molar-refractivity contribution is 0.660. The molecular formula is C50H36O. The average molecular weight is 653 g/mol. The molecule has 0 aliphatic heterocycles. The van der Waals surface area contributed by atoms with Crippen LogP contribution in [0.2, 0.25) is 0 Å². The van der Waals surface area contributed by atoms with Gasteiger partial charge in [0.1, 0.15) is 11.2 Å². The van der Waals surface area contributed by atoms with E-state index in [0.717, 1.165) is 21.9 Å². The van der Waals surface area contributed by atoms with Gasteiger partial charge in [0, 0.05) is 22.1 Å². The molecule has 0 saturated carbocycles. The van der Waals surface area contributed by atoms with Crippen molar-refractivity contribution in [1.29, 1.82) is 0 Å². The second-order valence-electron chi connectivity index (χ2n) is 14.4. The third kappa shape index (κ3) is 4.62. The van der Waals surface area contributed by atoms with Crippen LogP contribution in [-0.2, 0) is 5.41 Å². The fourth-order valence-electron chi connectivity index (χ4n) is 8.80. The van der Waals surface area contributed by atoms with Crippen LogP contribution in [0.4, 0.5) is 0 Å². The Morgan fingerprint density at radius 3 is 1.98 bits per heavy atom. The van der Waals surface area contributed by atoms with Gasteiger partial charge in [-0.2, -0.15) is 0 Å². The quantitative estimate of drug-likeness (QED) is 0.169. The van der Waals surface area contributed by atoms with Crippen molar-refractivity contribution in [1.82, 2.24) is 0 Å². The van der Waals surface area contributed by atoms with Gasteiger partial charge in [-0.25, -0.2) is 0 Å². The van der Waals surface area contributed by atoms with E-state index in [1.807, 2.05) is 6.07 Å². The summed E-state index contributed by atoms with van der Waals surface area (Å²) < 4.78 is 6.26. The van der Waals surface area contributed by atoms with Crippen LogP contribution in [0.3, 0.4) is 0 Å². The predicted octanol–water partition coefficient (Wildman–Crippen LogP) is 13.6. The first kappa shape index (κ1) is 29.7. The van der Waals surface area contributed by atoms with E-state index < -0.39 is 0 Å². The van der Waals surface area contributed by atoms with Crippen molar-refractivity contribution in [3.05, 3.63) is 204 Å². The van der Waals surface area contributed by atoms with Crippen LogP contribution in [0.1, 0.15) is 47.6 Å². The van der Waals surface area contributed by atoms with Gasteiger partial charge in [0.05, 0.1) is 0 Å². The molecule has 51 heavy (non-hydrogen) atoms. The Labute approximate surface area is 298 Å². The van der Waals surface area contributed by atoms with Crippen molar-refractivity contribution in [3.63, 3.8) is 0 Å². The van der Waals surface area contributed by atoms with Crippen molar-refractivity contribution in [2.24, 2.45) is 0 Å². The molecule has 1 aromatic heterocycles. The molecule has 0 saturated heterocycles. The molecule has 0 N–H and O–H groups in total. The van der Waals surface area contributed by atoms with Gasteiger partial charge in [-0.1, -0.05) is 172 Å². The molecule has 0 fully saturated rings. The second kappa shape index (κ2) is 11.4. The van der Waals surface area contributed by atoms with E-state index in [1.165, 1.54) is 72.0 Å². The fraction of sp³-hybridized carbons (Fsp3) is 0.0800. The molecule has 1 nitrogen and oxygen atoms in total. The first-order chi connectivity index (χ1) is 25.1. The SMILES string of the molecule is CC1(C)c2ccccc2-c2cc(C(c3ccc(-c4cccc5oc6ccccc6c45)cc3)c3ccc4ccccc4c3-c3ccccc3)ccc21. The Morgan fingerprint density at radius 2 is 1.12 bits per heavy atom. The summed E-state index contributed by atoms with van der Waals surface area (Å²) in [5.41, 5.74) is 16.0. The molecule has 10 rings (SSSR count). The molecule has 9 aromatic rings. The van der Waals surface area contributed by atoms with E-state index in [9.17, 15) is 0 Å². The first-order valence-electron chi connectivity index (χ1n) is 17.9. The molecule has 0 bridgehead atoms. The number of rotatable bonds is 5. The van der Waals surface area contributed by atoms with Crippen molar-refractivity contribution in [3.8, 4) is 33.4 Å². The number of furan rings is 1. The zero-order chi connectivity index (χ0) is 34.1. The summed E-state index contributed by atoms with van der Waals surface area (Å²) >= 11 is 0. The third-order valence-corrected chi connectivity index (χ3v) is 11.2. The lowest BCUT2D eigenvalue weighted by Gasteiger charge is -2.26. The highest BCUT2D eigenvalue weighted by atomic mass is 16.3. The fourth-order valence-corrected chi connectivity index (χ4v) is 8.80. The van der Waals surface area contributed by atoms with Crippen LogP contribution in [0.5, 0.6) is 0 Å². The molecule has 1 aliphatic carbocycles. The van der Waals surface area contributed by atoms with Crippen LogP contribution in [0, 0.1) is 0 Å². The third-order valence-electron chi connectivity index (χ3n) is 11.2. The summed E-state index contributed by atoms with van der Waals surface area (Å²) in [5, 5.41) is 4.83. The summed E-state index contributed by atoms with van der Waals surface area (Å²) in [6.45, 7) is 4.71. The predicted molar refractivity (Wildman–Crippen MR) is 213 cm³/mol. The standard InChI is InChI=1S/C50H36O/c1-50(2)43-20-10-8-17-39(43)42-31-36(28-30-44(42)50)47(41-29-27-32-13-6-7-16-37(32)48(41)34-14-4-3-5-15-34)35-25-23-33(24-26-35)38-19-12-22-46-49(38)40-18-9-11-21-45(40)51-46/h3-31,47H,1-2H3. The molecular weight excluding hydrogens is 617 g/mol. The highest BCUT2D eigenvalue weighted by molar-refractivity contribution is 6.12. The number of fused-ring (bicyclic) bond motifs is 7. The van der Waals surface area contributed by atoms with Crippen molar-refractivity contribution >= 4 is 32.7 Å².